The molecule has 0 aliphatic rings. The van der Waals surface area contributed by atoms with Gasteiger partial charge in [0.05, 0.1) is 27.1 Å². The number of nitrogens with one attached hydrogen (secondary N) is 2. The zero-order valence-corrected chi connectivity index (χ0v) is 14.2. The maximum Gasteiger partial charge on any atom is 0.306 e. The summed E-state index contributed by atoms with van der Waals surface area (Å²) >= 11 is 0. The van der Waals surface area contributed by atoms with Crippen LogP contribution in [0.5, 0.6) is 0 Å². The predicted octanol–water partition coefficient (Wildman–Crippen LogP) is 0.00380. The molecule has 0 heterocycles. The van der Waals surface area contributed by atoms with E-state index < -0.39 is 0 Å². The van der Waals surface area contributed by atoms with Gasteiger partial charge in [-0.3, -0.25) is 9.59 Å². The molecule has 7 nitrogen and oxygen atoms in total. The van der Waals surface area contributed by atoms with Crippen molar-refractivity contribution in [1.29, 1.82) is 0 Å². The van der Waals surface area contributed by atoms with Gasteiger partial charge in [0.25, 0.3) is 0 Å². The van der Waals surface area contributed by atoms with E-state index in [-0.39, 0.29) is 11.9 Å². The number of ether oxygens (including phenoxy) is 2. The zero-order valence-electron chi connectivity index (χ0n) is 14.2. The van der Waals surface area contributed by atoms with Gasteiger partial charge >= 0.3 is 11.9 Å². The van der Waals surface area contributed by atoms with Crippen LogP contribution in [0.4, 0.5) is 0 Å². The first-order chi connectivity index (χ1) is 10.6. The summed E-state index contributed by atoms with van der Waals surface area (Å²) in [4.78, 5) is 24.6. The first kappa shape index (κ1) is 20.8. The molecule has 0 bridgehead atoms. The van der Waals surface area contributed by atoms with Gasteiger partial charge < -0.3 is 25.0 Å². The molecule has 0 aromatic heterocycles. The third kappa shape index (κ3) is 12.6. The van der Waals surface area contributed by atoms with Gasteiger partial charge in [0.2, 0.25) is 0 Å². The van der Waals surface area contributed by atoms with E-state index in [1.54, 1.807) is 0 Å². The Morgan fingerprint density at radius 2 is 1.41 bits per heavy atom. The van der Waals surface area contributed by atoms with Crippen molar-refractivity contribution < 1.29 is 19.1 Å². The Morgan fingerprint density at radius 1 is 0.864 bits per heavy atom. The maximum absolute atomic E-state index is 11.2. The van der Waals surface area contributed by atoms with Gasteiger partial charge in [0.1, 0.15) is 0 Å². The molecule has 2 N–H and O–H groups in total. The van der Waals surface area contributed by atoms with Crippen molar-refractivity contribution in [3.63, 3.8) is 0 Å². The summed E-state index contributed by atoms with van der Waals surface area (Å²) in [6, 6.07) is 0. The van der Waals surface area contributed by atoms with Gasteiger partial charge in [-0.05, 0) is 46.1 Å². The molecule has 0 atom stereocenters. The van der Waals surface area contributed by atoms with E-state index in [4.69, 9.17) is 0 Å². The summed E-state index contributed by atoms with van der Waals surface area (Å²) in [6.45, 7) is 4.97. The monoisotopic (exact) mass is 317 g/mol. The van der Waals surface area contributed by atoms with Crippen LogP contribution in [-0.2, 0) is 19.1 Å². The molecule has 0 amide bonds. The van der Waals surface area contributed by atoms with Crippen LogP contribution in [0.15, 0.2) is 0 Å². The molecule has 0 aromatic carbocycles. The fourth-order valence-electron chi connectivity index (χ4n) is 1.98. The molecular weight excluding hydrogens is 286 g/mol. The van der Waals surface area contributed by atoms with Gasteiger partial charge in [0, 0.05) is 13.1 Å². The van der Waals surface area contributed by atoms with E-state index in [0.29, 0.717) is 25.9 Å². The molecule has 130 valence electrons. The molecule has 0 aliphatic heterocycles. The molecule has 22 heavy (non-hydrogen) atoms. The Morgan fingerprint density at radius 3 is 1.91 bits per heavy atom. The molecule has 0 rings (SSSR count). The smallest absolute Gasteiger partial charge is 0.306 e. The molecule has 0 aliphatic carbocycles. The number of methoxy groups -OCH3 is 2. The van der Waals surface area contributed by atoms with E-state index >= 15 is 0 Å². The van der Waals surface area contributed by atoms with Crippen LogP contribution >= 0.6 is 0 Å². The fraction of sp³-hybridized carbons (Fsp3) is 0.867. The lowest BCUT2D eigenvalue weighted by molar-refractivity contribution is -0.141. The fourth-order valence-corrected chi connectivity index (χ4v) is 1.98. The molecule has 0 saturated carbocycles. The lowest BCUT2D eigenvalue weighted by Gasteiger charge is -2.21. The van der Waals surface area contributed by atoms with Crippen molar-refractivity contribution in [3.8, 4) is 0 Å². The number of hydrogen-bond acceptors (Lipinski definition) is 7. The highest BCUT2D eigenvalue weighted by atomic mass is 16.5. The van der Waals surface area contributed by atoms with Crippen molar-refractivity contribution in [2.24, 2.45) is 0 Å². The number of hydrogen-bond donors (Lipinski definition) is 2. The number of rotatable bonds is 14. The van der Waals surface area contributed by atoms with Gasteiger partial charge in [-0.15, -0.1) is 0 Å². The number of carbonyl (C=O) groups excluding carboxylic acids is 2. The van der Waals surface area contributed by atoms with Crippen LogP contribution < -0.4 is 10.6 Å². The third-order valence-corrected chi connectivity index (χ3v) is 3.33. The van der Waals surface area contributed by atoms with Gasteiger partial charge in [-0.1, -0.05) is 0 Å². The average Bonchev–Trinajstić information content (AvgIpc) is 2.54. The predicted molar refractivity (Wildman–Crippen MR) is 85.7 cm³/mol. The quantitative estimate of drug-likeness (QED) is 0.345. The van der Waals surface area contributed by atoms with Crippen LogP contribution in [0.1, 0.15) is 25.7 Å². The molecule has 0 radical (unpaired) electrons. The van der Waals surface area contributed by atoms with E-state index in [2.05, 4.69) is 25.0 Å². The number of esters is 2. The Labute approximate surface area is 133 Å². The van der Waals surface area contributed by atoms with Crippen molar-refractivity contribution >= 4 is 11.9 Å². The average molecular weight is 317 g/mol. The Hall–Kier alpha value is -1.18. The highest BCUT2D eigenvalue weighted by Crippen LogP contribution is 1.99. The Balaban J connectivity index is 3.90. The van der Waals surface area contributed by atoms with Crippen molar-refractivity contribution in [2.75, 3.05) is 60.5 Å². The standard InChI is InChI=1S/C15H31N3O4/c1-16-8-4-9-17-10-5-11-18(12-6-14(19)21-2)13-7-15(20)22-3/h16-17H,4-13H2,1-3H3. The van der Waals surface area contributed by atoms with E-state index in [1.165, 1.54) is 14.2 Å². The molecule has 0 unspecified atom stereocenters. The van der Waals surface area contributed by atoms with Crippen molar-refractivity contribution in [1.82, 2.24) is 15.5 Å². The molecule has 0 spiro atoms. The molecule has 7 heteroatoms. The summed E-state index contributed by atoms with van der Waals surface area (Å²) in [5.41, 5.74) is 0. The maximum atomic E-state index is 11.2. The van der Waals surface area contributed by atoms with Crippen molar-refractivity contribution in [2.45, 2.75) is 25.7 Å². The second-order valence-corrected chi connectivity index (χ2v) is 5.05. The van der Waals surface area contributed by atoms with Gasteiger partial charge in [-0.2, -0.15) is 0 Å². The Kier molecular flexibility index (Phi) is 14.0. The highest BCUT2D eigenvalue weighted by Gasteiger charge is 2.10. The second kappa shape index (κ2) is 14.7. The summed E-state index contributed by atoms with van der Waals surface area (Å²) in [5.74, 6) is -0.457. The van der Waals surface area contributed by atoms with Crippen LogP contribution in [0.2, 0.25) is 0 Å². The van der Waals surface area contributed by atoms with Gasteiger partial charge in [-0.25, -0.2) is 0 Å². The largest absolute Gasteiger partial charge is 0.469 e. The van der Waals surface area contributed by atoms with Crippen LogP contribution in [0, 0.1) is 0 Å². The third-order valence-electron chi connectivity index (χ3n) is 3.33. The Bertz CT molecular complexity index is 281. The van der Waals surface area contributed by atoms with E-state index in [9.17, 15) is 9.59 Å². The summed E-state index contributed by atoms with van der Waals surface area (Å²) in [5, 5.41) is 6.48. The van der Waals surface area contributed by atoms with Crippen LogP contribution in [0.25, 0.3) is 0 Å². The SMILES string of the molecule is CNCCCNCCCN(CCC(=O)OC)CCC(=O)OC. The summed E-state index contributed by atoms with van der Waals surface area (Å²) < 4.78 is 9.30. The summed E-state index contributed by atoms with van der Waals surface area (Å²) in [7, 11) is 4.72. The molecule has 0 fully saturated rings. The van der Waals surface area contributed by atoms with Gasteiger partial charge in [0.15, 0.2) is 0 Å². The first-order valence-electron chi connectivity index (χ1n) is 7.85. The second-order valence-electron chi connectivity index (χ2n) is 5.05. The number of nitrogens with zero attached hydrogens (tertiary/aromatic N) is 1. The topological polar surface area (TPSA) is 79.9 Å². The van der Waals surface area contributed by atoms with Crippen LogP contribution in [0.3, 0.4) is 0 Å². The number of carbonyl (C=O) groups is 2. The molecular formula is C15H31N3O4. The van der Waals surface area contributed by atoms with Crippen LogP contribution in [-0.4, -0.2) is 77.4 Å². The first-order valence-corrected chi connectivity index (χ1v) is 7.85. The molecule has 0 saturated heterocycles. The lowest BCUT2D eigenvalue weighted by Crippen LogP contribution is -2.32. The lowest BCUT2D eigenvalue weighted by atomic mass is 10.3. The minimum absolute atomic E-state index is 0.228. The highest BCUT2D eigenvalue weighted by molar-refractivity contribution is 5.70. The summed E-state index contributed by atoms with van der Waals surface area (Å²) in [6.07, 6.45) is 2.76. The minimum atomic E-state index is -0.228. The van der Waals surface area contributed by atoms with E-state index in [0.717, 1.165) is 39.0 Å². The van der Waals surface area contributed by atoms with Crippen molar-refractivity contribution in [3.05, 3.63) is 0 Å². The molecule has 0 aromatic rings. The van der Waals surface area contributed by atoms with E-state index in [1.807, 2.05) is 7.05 Å². The normalized spacial score (nSPS) is 10.7. The zero-order chi connectivity index (χ0) is 16.6. The minimum Gasteiger partial charge on any atom is -0.469 e.